The lowest BCUT2D eigenvalue weighted by molar-refractivity contribution is -0.151. The number of ketones is 1. The molecule has 1 atom stereocenters. The number of unbranched alkanes of at least 4 members (excludes halogenated alkanes) is 1. The van der Waals surface area contributed by atoms with Gasteiger partial charge >= 0.3 is 6.18 Å². The van der Waals surface area contributed by atoms with Crippen LogP contribution in [-0.2, 0) is 21.4 Å². The first-order valence-electron chi connectivity index (χ1n) is 13.5. The van der Waals surface area contributed by atoms with E-state index in [2.05, 4.69) is 5.32 Å². The third kappa shape index (κ3) is 5.64. The highest BCUT2D eigenvalue weighted by molar-refractivity contribution is 7.89. The number of benzene rings is 2. The van der Waals surface area contributed by atoms with Crippen molar-refractivity contribution < 1.29 is 30.8 Å². The molecular weight excluding hydrogens is 582 g/mol. The molecule has 0 radical (unpaired) electrons. The molecule has 0 amide bonds. The number of nitrogens with one attached hydrogen (secondary N) is 1. The molecule has 1 heterocycles. The molecular formula is C29H32ClF4N3O3S. The Morgan fingerprint density at radius 3 is 2.37 bits per heavy atom. The monoisotopic (exact) mass is 613 g/mol. The molecule has 0 unspecified atom stereocenters. The van der Waals surface area contributed by atoms with Gasteiger partial charge in [-0.25, -0.2) is 12.8 Å². The van der Waals surface area contributed by atoms with Gasteiger partial charge in [0.15, 0.2) is 5.78 Å². The summed E-state index contributed by atoms with van der Waals surface area (Å²) in [5, 5.41) is 3.32. The van der Waals surface area contributed by atoms with Crippen LogP contribution in [0.3, 0.4) is 0 Å². The van der Waals surface area contributed by atoms with Gasteiger partial charge in [-0.3, -0.25) is 9.79 Å². The Hall–Kier alpha value is -2.50. The molecule has 3 saturated carbocycles. The van der Waals surface area contributed by atoms with E-state index in [9.17, 15) is 30.8 Å². The molecule has 6 nitrogen and oxygen atoms in total. The maximum absolute atomic E-state index is 14.2. The second kappa shape index (κ2) is 10.3. The summed E-state index contributed by atoms with van der Waals surface area (Å²) in [4.78, 5) is 17.8. The summed E-state index contributed by atoms with van der Waals surface area (Å²) < 4.78 is 80.8. The van der Waals surface area contributed by atoms with E-state index in [1.807, 2.05) is 13.8 Å². The third-order valence-corrected chi connectivity index (χ3v) is 10.8. The number of carbonyl (C=O) groups excluding carboxylic acids is 1. The topological polar surface area (TPSA) is 78.8 Å². The van der Waals surface area contributed by atoms with Crippen LogP contribution < -0.4 is 5.32 Å². The Morgan fingerprint density at radius 2 is 1.76 bits per heavy atom. The van der Waals surface area contributed by atoms with E-state index >= 15 is 0 Å². The normalized spacial score (nSPS) is 26.6. The summed E-state index contributed by atoms with van der Waals surface area (Å²) >= 11 is 5.84. The molecule has 41 heavy (non-hydrogen) atoms. The molecule has 3 aliphatic carbocycles. The zero-order valence-electron chi connectivity index (χ0n) is 22.8. The van der Waals surface area contributed by atoms with Crippen molar-refractivity contribution in [3.8, 4) is 0 Å². The summed E-state index contributed by atoms with van der Waals surface area (Å²) in [6, 6.07) is 11.6. The second-order valence-electron chi connectivity index (χ2n) is 12.1. The number of nitrogens with zero attached hydrogens (tertiary/aromatic N) is 2. The quantitative estimate of drug-likeness (QED) is 0.234. The number of alkyl halides is 3. The fraction of sp³-hybridized carbons (Fsp3) is 0.517. The van der Waals surface area contributed by atoms with Crippen LogP contribution in [0.1, 0.15) is 64.4 Å². The number of aliphatic imine (C=N–C) groups is 1. The van der Waals surface area contributed by atoms with E-state index in [1.165, 1.54) is 28.6 Å². The number of sulfonamides is 1. The fourth-order valence-electron chi connectivity index (χ4n) is 6.48. The van der Waals surface area contributed by atoms with Crippen LogP contribution >= 0.6 is 11.6 Å². The summed E-state index contributed by atoms with van der Waals surface area (Å²) in [6.45, 7) is 3.64. The van der Waals surface area contributed by atoms with E-state index < -0.39 is 51.0 Å². The van der Waals surface area contributed by atoms with Gasteiger partial charge < -0.3 is 5.32 Å². The molecule has 6 rings (SSSR count). The van der Waals surface area contributed by atoms with Crippen molar-refractivity contribution in [2.24, 2.45) is 10.4 Å². The van der Waals surface area contributed by atoms with Crippen LogP contribution in [0, 0.1) is 11.2 Å². The Kier molecular flexibility index (Phi) is 7.56. The number of halogens is 5. The van der Waals surface area contributed by atoms with Crippen molar-refractivity contribution in [2.45, 2.75) is 93.5 Å². The van der Waals surface area contributed by atoms with Crippen LogP contribution in [0.5, 0.6) is 0 Å². The van der Waals surface area contributed by atoms with E-state index in [1.54, 1.807) is 24.3 Å². The van der Waals surface area contributed by atoms with Crippen LogP contribution in [-0.4, -0.2) is 47.6 Å². The van der Waals surface area contributed by atoms with Crippen molar-refractivity contribution in [2.75, 3.05) is 0 Å². The highest BCUT2D eigenvalue weighted by Crippen LogP contribution is 2.71. The highest BCUT2D eigenvalue weighted by Gasteiger charge is 2.75. The average Bonchev–Trinajstić information content (AvgIpc) is 3.16. The van der Waals surface area contributed by atoms with E-state index in [0.717, 1.165) is 0 Å². The molecule has 222 valence electrons. The van der Waals surface area contributed by atoms with Gasteiger partial charge in [-0.15, -0.1) is 0 Å². The molecule has 2 aromatic carbocycles. The molecule has 4 aliphatic rings. The Balaban J connectivity index is 1.33. The number of rotatable bonds is 11. The molecule has 1 N–H and O–H groups in total. The van der Waals surface area contributed by atoms with Gasteiger partial charge in [-0.1, -0.05) is 35.9 Å². The number of hydrogen-bond donors (Lipinski definition) is 1. The van der Waals surface area contributed by atoms with E-state index in [0.29, 0.717) is 30.7 Å². The second-order valence-corrected chi connectivity index (χ2v) is 14.4. The summed E-state index contributed by atoms with van der Waals surface area (Å²) in [5.41, 5.74) is -1.36. The summed E-state index contributed by atoms with van der Waals surface area (Å²) in [6.07, 6.45) is -3.67. The lowest BCUT2D eigenvalue weighted by Crippen LogP contribution is -2.78. The average molecular weight is 614 g/mol. The SMILES string of the molecule is CC1(C)NC(C23CC(N(Cc4ccc(Cl)c(F)c4)S(=O)(=O)c4ccccc4)(C2)C3)=N[C@H]1C(=O)CCCCC(F)(F)F. The molecule has 1 aliphatic heterocycles. The van der Waals surface area contributed by atoms with Crippen LogP contribution in [0.25, 0.3) is 0 Å². The Labute approximate surface area is 242 Å². The summed E-state index contributed by atoms with van der Waals surface area (Å²) in [5.74, 6) is -0.192. The summed E-state index contributed by atoms with van der Waals surface area (Å²) in [7, 11) is -3.94. The molecule has 0 saturated heterocycles. The number of carbonyl (C=O) groups is 1. The Bertz CT molecular complexity index is 1460. The maximum atomic E-state index is 14.2. The predicted octanol–water partition coefficient (Wildman–Crippen LogP) is 6.43. The van der Waals surface area contributed by atoms with Gasteiger partial charge in [-0.05, 0) is 75.8 Å². The van der Waals surface area contributed by atoms with Gasteiger partial charge in [0.1, 0.15) is 17.7 Å². The maximum Gasteiger partial charge on any atom is 0.389 e. The zero-order chi connectivity index (χ0) is 29.8. The molecule has 3 fully saturated rings. The van der Waals surface area contributed by atoms with Crippen molar-refractivity contribution in [3.05, 3.63) is 64.9 Å². The van der Waals surface area contributed by atoms with Gasteiger partial charge in [-0.2, -0.15) is 17.5 Å². The van der Waals surface area contributed by atoms with Gasteiger partial charge in [0.05, 0.1) is 15.5 Å². The van der Waals surface area contributed by atoms with E-state index in [4.69, 9.17) is 16.6 Å². The smallest absolute Gasteiger partial charge is 0.366 e. The number of hydrogen-bond acceptors (Lipinski definition) is 5. The minimum atomic E-state index is -4.24. The van der Waals surface area contributed by atoms with Gasteiger partial charge in [0.2, 0.25) is 10.0 Å². The highest BCUT2D eigenvalue weighted by atomic mass is 35.5. The molecule has 0 spiro atoms. The molecule has 2 bridgehead atoms. The number of Topliss-reactive ketones (excluding diaryl/α,β-unsaturated/α-hetero) is 1. The van der Waals surface area contributed by atoms with Crippen molar-refractivity contribution in [1.82, 2.24) is 9.62 Å². The minimum Gasteiger partial charge on any atom is -0.366 e. The molecule has 12 heteroatoms. The zero-order valence-corrected chi connectivity index (χ0v) is 24.3. The first-order chi connectivity index (χ1) is 19.1. The van der Waals surface area contributed by atoms with Crippen molar-refractivity contribution in [1.29, 1.82) is 0 Å². The van der Waals surface area contributed by atoms with Gasteiger partial charge in [0, 0.05) is 30.3 Å². The van der Waals surface area contributed by atoms with Crippen LogP contribution in [0.2, 0.25) is 5.02 Å². The third-order valence-electron chi connectivity index (χ3n) is 8.50. The lowest BCUT2D eigenvalue weighted by atomic mass is 9.38. The lowest BCUT2D eigenvalue weighted by Gasteiger charge is -2.73. The first-order valence-corrected chi connectivity index (χ1v) is 15.4. The van der Waals surface area contributed by atoms with Crippen molar-refractivity contribution in [3.63, 3.8) is 0 Å². The van der Waals surface area contributed by atoms with E-state index in [-0.39, 0.29) is 41.5 Å². The number of amidine groups is 1. The fourth-order valence-corrected chi connectivity index (χ4v) is 8.38. The van der Waals surface area contributed by atoms with Crippen LogP contribution in [0.4, 0.5) is 17.6 Å². The minimum absolute atomic E-state index is 0.0142. The van der Waals surface area contributed by atoms with Gasteiger partial charge in [0.25, 0.3) is 0 Å². The largest absolute Gasteiger partial charge is 0.389 e. The predicted molar refractivity (Wildman–Crippen MR) is 148 cm³/mol. The standard InChI is InChI=1S/C29H32ClF4N3O3S/c1-26(2)24(23(38)10-6-7-13-29(32,33)34)35-25(36-26)27-16-28(17-27,18-27)37(15-19-11-12-21(30)22(31)14-19)41(39,40)20-8-4-3-5-9-20/h3-5,8-9,11-12,14,24H,6-7,10,13,15-18H2,1-2H3,(H,35,36)/t24-,27?,28?/m0/s1. The van der Waals surface area contributed by atoms with Crippen molar-refractivity contribution >= 4 is 33.2 Å². The Morgan fingerprint density at radius 1 is 1.10 bits per heavy atom. The molecule has 0 aromatic heterocycles. The van der Waals surface area contributed by atoms with Crippen LogP contribution in [0.15, 0.2) is 58.4 Å². The molecule has 2 aromatic rings. The first kappa shape index (κ1) is 30.0.